The van der Waals surface area contributed by atoms with Gasteiger partial charge in [0.2, 0.25) is 0 Å². The van der Waals surface area contributed by atoms with Gasteiger partial charge in [0.1, 0.15) is 6.33 Å². The fraction of sp³-hybridized carbons (Fsp3) is 0.250. The largest absolute Gasteiger partial charge is 0.463 e. The van der Waals surface area contributed by atoms with E-state index in [1.165, 1.54) is 30.3 Å². The number of hydrogen-bond acceptors (Lipinski definition) is 6. The van der Waals surface area contributed by atoms with Crippen molar-refractivity contribution in [3.8, 4) is 5.69 Å². The molecule has 0 bridgehead atoms. The summed E-state index contributed by atoms with van der Waals surface area (Å²) >= 11 is 0. The van der Waals surface area contributed by atoms with Crippen molar-refractivity contribution in [2.45, 2.75) is 11.8 Å². The third kappa shape index (κ3) is 2.69. The molecule has 7 nitrogen and oxygen atoms in total. The van der Waals surface area contributed by atoms with Gasteiger partial charge in [-0.2, -0.15) is 0 Å². The van der Waals surface area contributed by atoms with Crippen molar-refractivity contribution < 1.29 is 17.9 Å². The number of ether oxygens (including phenoxy) is 1. The maximum atomic E-state index is 11.7. The molecule has 0 saturated carbocycles. The molecule has 1 heterocycles. The first-order chi connectivity index (χ1) is 9.47. The second kappa shape index (κ2) is 5.41. The van der Waals surface area contributed by atoms with Crippen molar-refractivity contribution in [1.29, 1.82) is 0 Å². The highest BCUT2D eigenvalue weighted by Gasteiger charge is 2.13. The van der Waals surface area contributed by atoms with Crippen LogP contribution in [0.25, 0.3) is 5.69 Å². The van der Waals surface area contributed by atoms with E-state index in [1.807, 2.05) is 0 Å². The number of sulfone groups is 1. The van der Waals surface area contributed by atoms with Crippen LogP contribution in [0.2, 0.25) is 0 Å². The fourth-order valence-electron chi connectivity index (χ4n) is 1.55. The van der Waals surface area contributed by atoms with E-state index in [2.05, 4.69) is 14.8 Å². The Labute approximate surface area is 116 Å². The molecule has 0 aliphatic heterocycles. The van der Waals surface area contributed by atoms with E-state index in [9.17, 15) is 13.2 Å². The Balaban J connectivity index is 2.31. The average molecular weight is 295 g/mol. The predicted molar refractivity (Wildman–Crippen MR) is 70.4 cm³/mol. The maximum Gasteiger partial charge on any atom is 0.377 e. The van der Waals surface area contributed by atoms with Gasteiger partial charge in [0.15, 0.2) is 9.84 Å². The predicted octanol–water partition coefficient (Wildman–Crippen LogP) is 0.847. The van der Waals surface area contributed by atoms with Crippen molar-refractivity contribution in [3.63, 3.8) is 0 Å². The standard InChI is InChI=1S/C12H13N3O4S/c1-3-20(17,18)10-6-4-9(5-7-10)15-8-13-11(14-15)12(16)19-2/h4-8H,3H2,1-2H3. The van der Waals surface area contributed by atoms with Gasteiger partial charge >= 0.3 is 5.97 Å². The number of carbonyl (C=O) groups excluding carboxylic acids is 1. The van der Waals surface area contributed by atoms with Crippen LogP contribution in [0, 0.1) is 0 Å². The normalized spacial score (nSPS) is 11.3. The van der Waals surface area contributed by atoms with Crippen molar-refractivity contribution in [3.05, 3.63) is 36.4 Å². The van der Waals surface area contributed by atoms with Gasteiger partial charge in [0, 0.05) is 0 Å². The molecule has 0 N–H and O–H groups in total. The van der Waals surface area contributed by atoms with Crippen LogP contribution in [0.3, 0.4) is 0 Å². The summed E-state index contributed by atoms with van der Waals surface area (Å²) in [5.41, 5.74) is 0.600. The lowest BCUT2D eigenvalue weighted by Gasteiger charge is -2.03. The van der Waals surface area contributed by atoms with Crippen molar-refractivity contribution in [2.75, 3.05) is 12.9 Å². The SMILES string of the molecule is CCS(=O)(=O)c1ccc(-n2cnc(C(=O)OC)n2)cc1. The minimum Gasteiger partial charge on any atom is -0.463 e. The quantitative estimate of drug-likeness (QED) is 0.776. The Morgan fingerprint density at radius 3 is 2.50 bits per heavy atom. The van der Waals surface area contributed by atoms with E-state index < -0.39 is 15.8 Å². The van der Waals surface area contributed by atoms with E-state index in [0.717, 1.165) is 0 Å². The van der Waals surface area contributed by atoms with Crippen LogP contribution < -0.4 is 0 Å². The molecule has 106 valence electrons. The van der Waals surface area contributed by atoms with Gasteiger partial charge < -0.3 is 4.74 Å². The van der Waals surface area contributed by atoms with Gasteiger partial charge in [0.25, 0.3) is 5.82 Å². The molecule has 8 heteroatoms. The molecule has 0 saturated heterocycles. The smallest absolute Gasteiger partial charge is 0.377 e. The van der Waals surface area contributed by atoms with Crippen molar-refractivity contribution in [2.24, 2.45) is 0 Å². The summed E-state index contributed by atoms with van der Waals surface area (Å²) in [5, 5.41) is 3.94. The summed E-state index contributed by atoms with van der Waals surface area (Å²) in [6.07, 6.45) is 1.36. The zero-order valence-electron chi connectivity index (χ0n) is 11.0. The Morgan fingerprint density at radius 2 is 1.95 bits per heavy atom. The number of carbonyl (C=O) groups is 1. The molecule has 0 spiro atoms. The van der Waals surface area contributed by atoms with Crippen molar-refractivity contribution >= 4 is 15.8 Å². The minimum atomic E-state index is -3.23. The number of methoxy groups -OCH3 is 1. The monoisotopic (exact) mass is 295 g/mol. The highest BCUT2D eigenvalue weighted by molar-refractivity contribution is 7.91. The summed E-state index contributed by atoms with van der Waals surface area (Å²) in [7, 11) is -1.99. The second-order valence-corrected chi connectivity index (χ2v) is 6.18. The number of nitrogens with zero attached hydrogens (tertiary/aromatic N) is 3. The average Bonchev–Trinajstić information content (AvgIpc) is 2.96. The topological polar surface area (TPSA) is 91.2 Å². The Kier molecular flexibility index (Phi) is 3.84. The zero-order chi connectivity index (χ0) is 14.8. The van der Waals surface area contributed by atoms with Crippen LogP contribution >= 0.6 is 0 Å². The molecule has 0 amide bonds. The summed E-state index contributed by atoms with van der Waals surface area (Å²) in [6, 6.07) is 6.18. The molecule has 20 heavy (non-hydrogen) atoms. The van der Waals surface area contributed by atoms with Gasteiger partial charge in [-0.05, 0) is 24.3 Å². The Hall–Kier alpha value is -2.22. The molecular weight excluding hydrogens is 282 g/mol. The number of benzene rings is 1. The minimum absolute atomic E-state index is 0.0438. The van der Waals surface area contributed by atoms with Gasteiger partial charge in [-0.1, -0.05) is 6.92 Å². The first kappa shape index (κ1) is 14.2. The van der Waals surface area contributed by atoms with E-state index in [0.29, 0.717) is 5.69 Å². The third-order valence-electron chi connectivity index (χ3n) is 2.70. The summed E-state index contributed by atoms with van der Waals surface area (Å²) in [4.78, 5) is 15.3. The van der Waals surface area contributed by atoms with Crippen LogP contribution in [0.15, 0.2) is 35.5 Å². The van der Waals surface area contributed by atoms with Crippen LogP contribution in [0.4, 0.5) is 0 Å². The first-order valence-electron chi connectivity index (χ1n) is 5.81. The summed E-state index contributed by atoms with van der Waals surface area (Å²) < 4.78 is 29.2. The van der Waals surface area contributed by atoms with E-state index >= 15 is 0 Å². The highest BCUT2D eigenvalue weighted by Crippen LogP contribution is 2.14. The number of rotatable bonds is 4. The highest BCUT2D eigenvalue weighted by atomic mass is 32.2. The Morgan fingerprint density at radius 1 is 1.30 bits per heavy atom. The van der Waals surface area contributed by atoms with E-state index in [1.54, 1.807) is 19.1 Å². The van der Waals surface area contributed by atoms with E-state index in [-0.39, 0.29) is 16.5 Å². The molecule has 2 rings (SSSR count). The summed E-state index contributed by atoms with van der Waals surface area (Å²) in [5.74, 6) is -0.644. The van der Waals surface area contributed by atoms with Gasteiger partial charge in [0.05, 0.1) is 23.4 Å². The van der Waals surface area contributed by atoms with Crippen LogP contribution in [0.5, 0.6) is 0 Å². The molecule has 1 aromatic carbocycles. The van der Waals surface area contributed by atoms with E-state index in [4.69, 9.17) is 0 Å². The molecule has 0 atom stereocenters. The fourth-order valence-corrected chi connectivity index (χ4v) is 2.43. The number of esters is 1. The molecule has 1 aromatic heterocycles. The zero-order valence-corrected chi connectivity index (χ0v) is 11.8. The maximum absolute atomic E-state index is 11.7. The number of aromatic nitrogens is 3. The molecule has 0 aliphatic carbocycles. The van der Waals surface area contributed by atoms with Gasteiger partial charge in [-0.25, -0.2) is 22.9 Å². The molecule has 0 aliphatic rings. The molecule has 0 radical (unpaired) electrons. The molecule has 0 unspecified atom stereocenters. The molecular formula is C12H13N3O4S. The van der Waals surface area contributed by atoms with Crippen LogP contribution in [-0.4, -0.2) is 42.0 Å². The summed E-state index contributed by atoms with van der Waals surface area (Å²) in [6.45, 7) is 1.59. The first-order valence-corrected chi connectivity index (χ1v) is 7.46. The lowest BCUT2D eigenvalue weighted by atomic mass is 10.3. The lowest BCUT2D eigenvalue weighted by molar-refractivity contribution is 0.0587. The third-order valence-corrected chi connectivity index (χ3v) is 4.45. The van der Waals surface area contributed by atoms with Crippen molar-refractivity contribution in [1.82, 2.24) is 14.8 Å². The molecule has 0 fully saturated rings. The lowest BCUT2D eigenvalue weighted by Crippen LogP contribution is -2.06. The van der Waals surface area contributed by atoms with Crippen LogP contribution in [-0.2, 0) is 14.6 Å². The second-order valence-electron chi connectivity index (χ2n) is 3.90. The van der Waals surface area contributed by atoms with Crippen LogP contribution in [0.1, 0.15) is 17.5 Å². The Bertz CT molecular complexity index is 719. The van der Waals surface area contributed by atoms with Gasteiger partial charge in [-0.3, -0.25) is 0 Å². The number of hydrogen-bond donors (Lipinski definition) is 0. The molecule has 2 aromatic rings. The van der Waals surface area contributed by atoms with Gasteiger partial charge in [-0.15, -0.1) is 5.10 Å².